The number of ketones is 1. The fourth-order valence-corrected chi connectivity index (χ4v) is 2.81. The summed E-state index contributed by atoms with van der Waals surface area (Å²) in [5.41, 5.74) is 1.70. The van der Waals surface area contributed by atoms with Crippen molar-refractivity contribution in [1.82, 2.24) is 0 Å². The van der Waals surface area contributed by atoms with Gasteiger partial charge in [-0.25, -0.2) is 8.42 Å². The maximum absolute atomic E-state index is 12.5. The highest BCUT2D eigenvalue weighted by atomic mass is 32.2. The molecule has 0 atom stereocenters. The Hall–Kier alpha value is -2.47. The van der Waals surface area contributed by atoms with Gasteiger partial charge in [-0.1, -0.05) is 18.2 Å². The molecule has 2 rings (SSSR count). The minimum absolute atomic E-state index is 0.0769. The summed E-state index contributed by atoms with van der Waals surface area (Å²) >= 11 is 0. The van der Waals surface area contributed by atoms with Gasteiger partial charge in [0.25, 0.3) is 5.91 Å². The van der Waals surface area contributed by atoms with E-state index in [0.29, 0.717) is 16.8 Å². The van der Waals surface area contributed by atoms with Gasteiger partial charge in [0.15, 0.2) is 15.6 Å². The van der Waals surface area contributed by atoms with Crippen molar-refractivity contribution in [3.8, 4) is 0 Å². The van der Waals surface area contributed by atoms with Crippen molar-refractivity contribution in [1.29, 1.82) is 0 Å². The molecule has 0 aromatic heterocycles. The Labute approximate surface area is 135 Å². The van der Waals surface area contributed by atoms with Gasteiger partial charge in [0.1, 0.15) is 0 Å². The van der Waals surface area contributed by atoms with Crippen LogP contribution in [0.1, 0.15) is 33.2 Å². The lowest BCUT2D eigenvalue weighted by Crippen LogP contribution is -2.16. The third-order valence-electron chi connectivity index (χ3n) is 3.44. The van der Waals surface area contributed by atoms with Crippen LogP contribution in [0.4, 0.5) is 5.69 Å². The Bertz CT molecular complexity index is 885. The summed E-state index contributed by atoms with van der Waals surface area (Å²) in [6.45, 7) is 3.14. The van der Waals surface area contributed by atoms with Crippen molar-refractivity contribution in [2.24, 2.45) is 0 Å². The fourth-order valence-electron chi connectivity index (χ4n) is 2.17. The van der Waals surface area contributed by atoms with Crippen molar-refractivity contribution in [3.05, 3.63) is 59.2 Å². The lowest BCUT2D eigenvalue weighted by atomic mass is 10.1. The number of carbonyl (C=O) groups is 2. The van der Waals surface area contributed by atoms with Crippen LogP contribution >= 0.6 is 0 Å². The standard InChI is InChI=1S/C17H17NO4S/c1-11-8-9-13(23(3,21)22)10-15(11)17(20)18-16-7-5-4-6-14(16)12(2)19/h4-10H,1-3H3,(H,18,20). The van der Waals surface area contributed by atoms with E-state index in [9.17, 15) is 18.0 Å². The van der Waals surface area contributed by atoms with Crippen LogP contribution in [0.15, 0.2) is 47.4 Å². The molecule has 0 aliphatic heterocycles. The zero-order chi connectivity index (χ0) is 17.2. The summed E-state index contributed by atoms with van der Waals surface area (Å²) in [5, 5.41) is 2.67. The number of benzene rings is 2. The minimum atomic E-state index is -3.40. The number of amides is 1. The van der Waals surface area contributed by atoms with Gasteiger partial charge in [-0.2, -0.15) is 0 Å². The van der Waals surface area contributed by atoms with E-state index < -0.39 is 15.7 Å². The predicted molar refractivity (Wildman–Crippen MR) is 88.7 cm³/mol. The molecule has 0 saturated heterocycles. The molecule has 0 radical (unpaired) electrons. The van der Waals surface area contributed by atoms with Gasteiger partial charge in [-0.05, 0) is 43.7 Å². The average Bonchev–Trinajstić information content (AvgIpc) is 2.46. The van der Waals surface area contributed by atoms with Crippen molar-refractivity contribution in [3.63, 3.8) is 0 Å². The second kappa shape index (κ2) is 6.34. The quantitative estimate of drug-likeness (QED) is 0.874. The predicted octanol–water partition coefficient (Wildman–Crippen LogP) is 2.85. The molecule has 0 fully saturated rings. The molecule has 0 saturated carbocycles. The van der Waals surface area contributed by atoms with E-state index in [2.05, 4.69) is 5.32 Å². The molecule has 0 aliphatic carbocycles. The molecule has 0 unspecified atom stereocenters. The number of carbonyl (C=O) groups excluding carboxylic acids is 2. The number of Topliss-reactive ketones (excluding diaryl/α,β-unsaturated/α-hetero) is 1. The Balaban J connectivity index is 2.41. The highest BCUT2D eigenvalue weighted by Gasteiger charge is 2.16. The molecule has 120 valence electrons. The highest BCUT2D eigenvalue weighted by Crippen LogP contribution is 2.20. The van der Waals surface area contributed by atoms with Gasteiger partial charge >= 0.3 is 0 Å². The van der Waals surface area contributed by atoms with Gasteiger partial charge in [0.05, 0.1) is 10.6 Å². The fraction of sp³-hybridized carbons (Fsp3) is 0.176. The monoisotopic (exact) mass is 331 g/mol. The molecule has 0 aliphatic rings. The van der Waals surface area contributed by atoms with Crippen LogP contribution in [0.3, 0.4) is 0 Å². The van der Waals surface area contributed by atoms with E-state index in [-0.39, 0.29) is 16.2 Å². The Kier molecular flexibility index (Phi) is 4.65. The van der Waals surface area contributed by atoms with E-state index in [4.69, 9.17) is 0 Å². The van der Waals surface area contributed by atoms with E-state index in [0.717, 1.165) is 6.26 Å². The maximum atomic E-state index is 12.5. The average molecular weight is 331 g/mol. The van der Waals surface area contributed by atoms with E-state index in [1.807, 2.05) is 0 Å². The van der Waals surface area contributed by atoms with Crippen molar-refractivity contribution in [2.45, 2.75) is 18.7 Å². The Morgan fingerprint density at radius 2 is 1.65 bits per heavy atom. The first-order valence-electron chi connectivity index (χ1n) is 6.92. The first kappa shape index (κ1) is 16.9. The van der Waals surface area contributed by atoms with E-state index in [1.165, 1.54) is 19.1 Å². The van der Waals surface area contributed by atoms with E-state index in [1.54, 1.807) is 37.3 Å². The normalized spacial score (nSPS) is 11.1. The number of anilines is 1. The minimum Gasteiger partial charge on any atom is -0.321 e. The number of aryl methyl sites for hydroxylation is 1. The number of hydrogen-bond donors (Lipinski definition) is 1. The Morgan fingerprint density at radius 3 is 2.26 bits per heavy atom. The topological polar surface area (TPSA) is 80.3 Å². The third-order valence-corrected chi connectivity index (χ3v) is 4.55. The molecule has 1 N–H and O–H groups in total. The molecule has 0 spiro atoms. The molecule has 23 heavy (non-hydrogen) atoms. The number of nitrogens with one attached hydrogen (secondary N) is 1. The second-order valence-corrected chi connectivity index (χ2v) is 7.32. The first-order valence-corrected chi connectivity index (χ1v) is 8.81. The van der Waals surface area contributed by atoms with Crippen LogP contribution in [-0.2, 0) is 9.84 Å². The zero-order valence-electron chi connectivity index (χ0n) is 13.1. The summed E-state index contributed by atoms with van der Waals surface area (Å²) in [4.78, 5) is 24.2. The smallest absolute Gasteiger partial charge is 0.255 e. The molecule has 2 aromatic carbocycles. The van der Waals surface area contributed by atoms with Gasteiger partial charge < -0.3 is 5.32 Å². The highest BCUT2D eigenvalue weighted by molar-refractivity contribution is 7.90. The van der Waals surface area contributed by atoms with Gasteiger partial charge in [-0.3, -0.25) is 9.59 Å². The second-order valence-electron chi connectivity index (χ2n) is 5.30. The van der Waals surface area contributed by atoms with Crippen LogP contribution in [-0.4, -0.2) is 26.4 Å². The molecule has 5 nitrogen and oxygen atoms in total. The van der Waals surface area contributed by atoms with Crippen molar-refractivity contribution >= 4 is 27.2 Å². The molecular weight excluding hydrogens is 314 g/mol. The van der Waals surface area contributed by atoms with Crippen LogP contribution in [0, 0.1) is 6.92 Å². The lowest BCUT2D eigenvalue weighted by molar-refractivity contribution is 0.101. The number of rotatable bonds is 4. The largest absolute Gasteiger partial charge is 0.321 e. The van der Waals surface area contributed by atoms with Gasteiger partial charge in [-0.15, -0.1) is 0 Å². The number of para-hydroxylation sites is 1. The third kappa shape index (κ3) is 3.84. The van der Waals surface area contributed by atoms with Crippen LogP contribution in [0.2, 0.25) is 0 Å². The SMILES string of the molecule is CC(=O)c1ccccc1NC(=O)c1cc(S(C)(=O)=O)ccc1C. The van der Waals surface area contributed by atoms with Crippen LogP contribution in [0.5, 0.6) is 0 Å². The molecule has 1 amide bonds. The summed E-state index contributed by atoms with van der Waals surface area (Å²) in [6, 6.07) is 11.1. The van der Waals surface area contributed by atoms with Crippen molar-refractivity contribution in [2.75, 3.05) is 11.6 Å². The van der Waals surface area contributed by atoms with E-state index >= 15 is 0 Å². The summed E-state index contributed by atoms with van der Waals surface area (Å²) in [6.07, 6.45) is 1.09. The molecular formula is C17H17NO4S. The molecule has 2 aromatic rings. The summed E-state index contributed by atoms with van der Waals surface area (Å²) in [7, 11) is -3.40. The zero-order valence-corrected chi connectivity index (χ0v) is 13.9. The van der Waals surface area contributed by atoms with Crippen LogP contribution in [0.25, 0.3) is 0 Å². The Morgan fingerprint density at radius 1 is 1.00 bits per heavy atom. The lowest BCUT2D eigenvalue weighted by Gasteiger charge is -2.11. The molecule has 6 heteroatoms. The number of hydrogen-bond acceptors (Lipinski definition) is 4. The van der Waals surface area contributed by atoms with Gasteiger partial charge in [0, 0.05) is 17.4 Å². The molecule has 0 heterocycles. The number of sulfone groups is 1. The molecule has 0 bridgehead atoms. The van der Waals surface area contributed by atoms with Crippen molar-refractivity contribution < 1.29 is 18.0 Å². The first-order chi connectivity index (χ1) is 10.7. The van der Waals surface area contributed by atoms with Crippen LogP contribution < -0.4 is 5.32 Å². The maximum Gasteiger partial charge on any atom is 0.255 e. The summed E-state index contributed by atoms with van der Waals surface area (Å²) < 4.78 is 23.3. The summed E-state index contributed by atoms with van der Waals surface area (Å²) in [5.74, 6) is -0.621. The van der Waals surface area contributed by atoms with Gasteiger partial charge in [0.2, 0.25) is 0 Å².